The Balaban J connectivity index is 3.12. The highest BCUT2D eigenvalue weighted by Gasteiger charge is 1.97. The van der Waals surface area contributed by atoms with E-state index in [2.05, 4.69) is 25.8 Å². The summed E-state index contributed by atoms with van der Waals surface area (Å²) in [5, 5.41) is 0. The van der Waals surface area contributed by atoms with Gasteiger partial charge in [0.05, 0.1) is 0 Å². The van der Waals surface area contributed by atoms with Crippen LogP contribution < -0.4 is 5.73 Å². The van der Waals surface area contributed by atoms with Crippen molar-refractivity contribution in [2.24, 2.45) is 5.73 Å². The summed E-state index contributed by atoms with van der Waals surface area (Å²) >= 11 is 0. The van der Waals surface area contributed by atoms with Gasteiger partial charge in [0.15, 0.2) is 0 Å². The molecule has 0 aromatic carbocycles. The van der Waals surface area contributed by atoms with Gasteiger partial charge in [-0.25, -0.2) is 0 Å². The lowest BCUT2D eigenvalue weighted by Gasteiger charge is -2.16. The van der Waals surface area contributed by atoms with Crippen molar-refractivity contribution in [1.29, 1.82) is 0 Å². The van der Waals surface area contributed by atoms with Crippen molar-refractivity contribution >= 4 is 0 Å². The fourth-order valence-electron chi connectivity index (χ4n) is 0.918. The van der Waals surface area contributed by atoms with Gasteiger partial charge in [0.25, 0.3) is 0 Å². The summed E-state index contributed by atoms with van der Waals surface area (Å²) in [7, 11) is 2.14. The van der Waals surface area contributed by atoms with Gasteiger partial charge in [-0.1, -0.05) is 6.92 Å². The quantitative estimate of drug-likeness (QED) is 0.625. The molecule has 2 nitrogen and oxygen atoms in total. The van der Waals surface area contributed by atoms with Crippen LogP contribution in [0.1, 0.15) is 26.7 Å². The SMILES string of the molecule is CCCN(C)CCC(C)N. The molecule has 0 aromatic rings. The van der Waals surface area contributed by atoms with E-state index in [0.29, 0.717) is 6.04 Å². The Hall–Kier alpha value is -0.0800. The number of rotatable bonds is 5. The molecule has 2 heteroatoms. The van der Waals surface area contributed by atoms with E-state index in [1.165, 1.54) is 13.0 Å². The third kappa shape index (κ3) is 6.05. The third-order valence-corrected chi connectivity index (χ3v) is 1.57. The molecular weight excluding hydrogens is 124 g/mol. The van der Waals surface area contributed by atoms with Crippen molar-refractivity contribution in [3.8, 4) is 0 Å². The molecule has 0 bridgehead atoms. The molecule has 0 saturated heterocycles. The highest BCUT2D eigenvalue weighted by molar-refractivity contribution is 4.57. The van der Waals surface area contributed by atoms with Gasteiger partial charge in [-0.3, -0.25) is 0 Å². The summed E-state index contributed by atoms with van der Waals surface area (Å²) in [6.45, 7) is 6.57. The maximum absolute atomic E-state index is 5.61. The zero-order valence-corrected chi connectivity index (χ0v) is 7.43. The van der Waals surface area contributed by atoms with Crippen molar-refractivity contribution in [2.45, 2.75) is 32.7 Å². The Morgan fingerprint density at radius 2 is 2.00 bits per heavy atom. The van der Waals surface area contributed by atoms with E-state index >= 15 is 0 Å². The van der Waals surface area contributed by atoms with Crippen molar-refractivity contribution in [3.05, 3.63) is 0 Å². The first-order valence-corrected chi connectivity index (χ1v) is 4.11. The molecule has 0 aromatic heterocycles. The molecule has 0 aliphatic rings. The molecule has 0 aliphatic heterocycles. The van der Waals surface area contributed by atoms with Gasteiger partial charge in [-0.05, 0) is 39.9 Å². The van der Waals surface area contributed by atoms with Gasteiger partial charge < -0.3 is 10.6 Å². The largest absolute Gasteiger partial charge is 0.328 e. The summed E-state index contributed by atoms with van der Waals surface area (Å²) in [5.41, 5.74) is 5.61. The lowest BCUT2D eigenvalue weighted by atomic mass is 10.2. The third-order valence-electron chi connectivity index (χ3n) is 1.57. The Kier molecular flexibility index (Phi) is 5.64. The van der Waals surface area contributed by atoms with Crippen LogP contribution in [0.15, 0.2) is 0 Å². The Morgan fingerprint density at radius 1 is 1.40 bits per heavy atom. The van der Waals surface area contributed by atoms with Gasteiger partial charge in [0, 0.05) is 6.04 Å². The van der Waals surface area contributed by atoms with Gasteiger partial charge in [-0.15, -0.1) is 0 Å². The summed E-state index contributed by atoms with van der Waals surface area (Å²) in [6, 6.07) is 0.347. The molecule has 10 heavy (non-hydrogen) atoms. The fourth-order valence-corrected chi connectivity index (χ4v) is 0.918. The number of nitrogens with two attached hydrogens (primary N) is 1. The first-order valence-electron chi connectivity index (χ1n) is 4.11. The summed E-state index contributed by atoms with van der Waals surface area (Å²) in [6.07, 6.45) is 2.34. The summed E-state index contributed by atoms with van der Waals surface area (Å²) in [5.74, 6) is 0. The minimum absolute atomic E-state index is 0.347. The summed E-state index contributed by atoms with van der Waals surface area (Å²) < 4.78 is 0. The smallest absolute Gasteiger partial charge is 0.00226 e. The Bertz CT molecular complexity index is 71.7. The van der Waals surface area contributed by atoms with Gasteiger partial charge in [0.1, 0.15) is 0 Å². The van der Waals surface area contributed by atoms with Crippen LogP contribution in [0, 0.1) is 0 Å². The van der Waals surface area contributed by atoms with E-state index in [1.54, 1.807) is 0 Å². The van der Waals surface area contributed by atoms with Crippen LogP contribution in [0.25, 0.3) is 0 Å². The molecule has 0 saturated carbocycles. The van der Waals surface area contributed by atoms with Crippen LogP contribution in [0.4, 0.5) is 0 Å². The molecule has 0 heterocycles. The minimum Gasteiger partial charge on any atom is -0.328 e. The van der Waals surface area contributed by atoms with E-state index in [0.717, 1.165) is 13.0 Å². The second-order valence-corrected chi connectivity index (χ2v) is 3.07. The lowest BCUT2D eigenvalue weighted by molar-refractivity contribution is 0.321. The van der Waals surface area contributed by atoms with E-state index in [9.17, 15) is 0 Å². The average Bonchev–Trinajstić information content (AvgIpc) is 1.85. The maximum Gasteiger partial charge on any atom is 0.00226 e. The minimum atomic E-state index is 0.347. The lowest BCUT2D eigenvalue weighted by Crippen LogP contribution is -2.26. The Labute approximate surface area is 64.4 Å². The van der Waals surface area contributed by atoms with Crippen molar-refractivity contribution in [1.82, 2.24) is 4.90 Å². The molecule has 0 aliphatic carbocycles. The van der Waals surface area contributed by atoms with Crippen LogP contribution in [0.2, 0.25) is 0 Å². The number of hydrogen-bond acceptors (Lipinski definition) is 2. The fraction of sp³-hybridized carbons (Fsp3) is 1.00. The molecule has 0 fully saturated rings. The molecular formula is C8H20N2. The molecule has 0 spiro atoms. The predicted octanol–water partition coefficient (Wildman–Crippen LogP) is 1.07. The molecule has 0 amide bonds. The molecule has 0 rings (SSSR count). The molecule has 0 radical (unpaired) electrons. The van der Waals surface area contributed by atoms with Crippen molar-refractivity contribution < 1.29 is 0 Å². The van der Waals surface area contributed by atoms with Gasteiger partial charge in [0.2, 0.25) is 0 Å². The number of nitrogens with zero attached hydrogens (tertiary/aromatic N) is 1. The number of hydrogen-bond donors (Lipinski definition) is 1. The van der Waals surface area contributed by atoms with E-state index < -0.39 is 0 Å². The molecule has 1 atom stereocenters. The molecule has 2 N–H and O–H groups in total. The Morgan fingerprint density at radius 3 is 2.40 bits per heavy atom. The first-order chi connectivity index (χ1) is 4.66. The van der Waals surface area contributed by atoms with E-state index in [4.69, 9.17) is 5.73 Å². The van der Waals surface area contributed by atoms with Crippen LogP contribution in [0.5, 0.6) is 0 Å². The summed E-state index contributed by atoms with van der Waals surface area (Å²) in [4.78, 5) is 2.32. The van der Waals surface area contributed by atoms with Crippen LogP contribution in [-0.2, 0) is 0 Å². The first kappa shape index (κ1) is 9.92. The zero-order chi connectivity index (χ0) is 7.98. The van der Waals surface area contributed by atoms with Crippen LogP contribution in [0.3, 0.4) is 0 Å². The highest BCUT2D eigenvalue weighted by Crippen LogP contribution is 1.91. The topological polar surface area (TPSA) is 29.3 Å². The van der Waals surface area contributed by atoms with E-state index in [1.807, 2.05) is 0 Å². The van der Waals surface area contributed by atoms with Crippen LogP contribution >= 0.6 is 0 Å². The second-order valence-electron chi connectivity index (χ2n) is 3.07. The van der Waals surface area contributed by atoms with Crippen molar-refractivity contribution in [3.63, 3.8) is 0 Å². The molecule has 62 valence electrons. The highest BCUT2D eigenvalue weighted by atomic mass is 15.1. The average molecular weight is 144 g/mol. The normalized spacial score (nSPS) is 14.1. The van der Waals surface area contributed by atoms with Gasteiger partial charge in [-0.2, -0.15) is 0 Å². The molecule has 1 unspecified atom stereocenters. The second kappa shape index (κ2) is 5.69. The van der Waals surface area contributed by atoms with Gasteiger partial charge >= 0.3 is 0 Å². The van der Waals surface area contributed by atoms with Crippen LogP contribution in [-0.4, -0.2) is 31.1 Å². The predicted molar refractivity (Wildman–Crippen MR) is 46.1 cm³/mol. The van der Waals surface area contributed by atoms with Crippen molar-refractivity contribution in [2.75, 3.05) is 20.1 Å². The standard InChI is InChI=1S/C8H20N2/c1-4-6-10(3)7-5-8(2)9/h8H,4-7,9H2,1-3H3. The maximum atomic E-state index is 5.61. The zero-order valence-electron chi connectivity index (χ0n) is 7.43. The monoisotopic (exact) mass is 144 g/mol. The van der Waals surface area contributed by atoms with E-state index in [-0.39, 0.29) is 0 Å².